The molecule has 0 bridgehead atoms. The molecular formula is C12H17NO2S. The Kier molecular flexibility index (Phi) is 5.96. The molecule has 3 nitrogen and oxygen atoms in total. The number of rotatable bonds is 6. The Labute approximate surface area is 100 Å². The van der Waals surface area contributed by atoms with Gasteiger partial charge in [0, 0.05) is 5.75 Å². The molecule has 1 rings (SSSR count). The quantitative estimate of drug-likeness (QED) is 0.741. The van der Waals surface area contributed by atoms with Crippen LogP contribution in [0.15, 0.2) is 30.3 Å². The highest BCUT2D eigenvalue weighted by Gasteiger charge is 2.08. The maximum atomic E-state index is 11.5. The van der Waals surface area contributed by atoms with Crippen LogP contribution in [0, 0.1) is 0 Å². The molecule has 88 valence electrons. The maximum absolute atomic E-state index is 11.5. The minimum absolute atomic E-state index is 0.00908. The first-order valence-electron chi connectivity index (χ1n) is 5.27. The molecule has 0 saturated carbocycles. The van der Waals surface area contributed by atoms with Gasteiger partial charge in [-0.2, -0.15) is 0 Å². The highest BCUT2D eigenvalue weighted by molar-refractivity contribution is 7.99. The van der Waals surface area contributed by atoms with E-state index in [4.69, 9.17) is 5.11 Å². The van der Waals surface area contributed by atoms with E-state index in [1.54, 1.807) is 0 Å². The number of thioether (sulfide) groups is 1. The summed E-state index contributed by atoms with van der Waals surface area (Å²) < 4.78 is 0. The van der Waals surface area contributed by atoms with Crippen molar-refractivity contribution in [1.82, 2.24) is 5.32 Å². The van der Waals surface area contributed by atoms with Gasteiger partial charge < -0.3 is 10.4 Å². The third-order valence-corrected chi connectivity index (χ3v) is 3.08. The second-order valence-corrected chi connectivity index (χ2v) is 4.58. The van der Waals surface area contributed by atoms with Crippen LogP contribution >= 0.6 is 11.8 Å². The summed E-state index contributed by atoms with van der Waals surface area (Å²) >= 11 is 1.44. The molecule has 16 heavy (non-hydrogen) atoms. The number of carbonyl (C=O) groups excluding carboxylic acids is 1. The molecular weight excluding hydrogens is 222 g/mol. The fraction of sp³-hybridized carbons (Fsp3) is 0.417. The van der Waals surface area contributed by atoms with E-state index < -0.39 is 0 Å². The number of aliphatic hydroxyl groups is 1. The van der Waals surface area contributed by atoms with Gasteiger partial charge in [-0.3, -0.25) is 4.79 Å². The van der Waals surface area contributed by atoms with Crippen molar-refractivity contribution in [2.75, 3.05) is 18.1 Å². The van der Waals surface area contributed by atoms with Gasteiger partial charge in [-0.15, -0.1) is 11.8 Å². The summed E-state index contributed by atoms with van der Waals surface area (Å²) in [6.45, 7) is 2.08. The normalized spacial score (nSPS) is 12.1. The van der Waals surface area contributed by atoms with E-state index in [-0.39, 0.29) is 18.6 Å². The van der Waals surface area contributed by atoms with Crippen molar-refractivity contribution in [2.24, 2.45) is 0 Å². The Morgan fingerprint density at radius 3 is 2.75 bits per heavy atom. The lowest BCUT2D eigenvalue weighted by molar-refractivity contribution is -0.119. The summed E-state index contributed by atoms with van der Waals surface area (Å²) in [6.07, 6.45) is 0. The molecule has 0 fully saturated rings. The van der Waals surface area contributed by atoms with E-state index in [9.17, 15) is 4.79 Å². The van der Waals surface area contributed by atoms with Crippen LogP contribution in [0.4, 0.5) is 0 Å². The Bertz CT molecular complexity index is 316. The molecule has 1 amide bonds. The number of aliphatic hydroxyl groups excluding tert-OH is 1. The Hall–Kier alpha value is -1.00. The van der Waals surface area contributed by atoms with Crippen LogP contribution in [0.25, 0.3) is 0 Å². The number of amides is 1. The summed E-state index contributed by atoms with van der Waals surface area (Å²) in [5.74, 6) is 1.01. The predicted molar refractivity (Wildman–Crippen MR) is 67.4 cm³/mol. The van der Waals surface area contributed by atoms with Crippen LogP contribution in [0.2, 0.25) is 0 Å². The lowest BCUT2D eigenvalue weighted by Gasteiger charge is -2.13. The Balaban J connectivity index is 2.34. The summed E-state index contributed by atoms with van der Waals surface area (Å²) in [5.41, 5.74) is 1.10. The molecule has 0 radical (unpaired) electrons. The minimum Gasteiger partial charge on any atom is -0.396 e. The molecule has 0 aliphatic rings. The smallest absolute Gasteiger partial charge is 0.230 e. The average Bonchev–Trinajstić information content (AvgIpc) is 2.30. The molecule has 0 unspecified atom stereocenters. The van der Waals surface area contributed by atoms with Gasteiger partial charge in [0.15, 0.2) is 0 Å². The monoisotopic (exact) mass is 239 g/mol. The molecule has 1 atom stereocenters. The van der Waals surface area contributed by atoms with Gasteiger partial charge in [-0.05, 0) is 12.5 Å². The predicted octanol–water partition coefficient (Wildman–Crippen LogP) is 1.59. The van der Waals surface area contributed by atoms with Crippen LogP contribution < -0.4 is 5.32 Å². The third kappa shape index (κ3) is 4.68. The van der Waals surface area contributed by atoms with Gasteiger partial charge in [-0.25, -0.2) is 0 Å². The van der Waals surface area contributed by atoms with Gasteiger partial charge in [-0.1, -0.05) is 30.3 Å². The second-order valence-electron chi connectivity index (χ2n) is 3.48. The highest BCUT2D eigenvalue weighted by Crippen LogP contribution is 2.11. The molecule has 0 heterocycles. The topological polar surface area (TPSA) is 49.3 Å². The fourth-order valence-corrected chi connectivity index (χ4v) is 1.88. The van der Waals surface area contributed by atoms with Crippen molar-refractivity contribution in [3.63, 3.8) is 0 Å². The summed E-state index contributed by atoms with van der Waals surface area (Å²) in [5, 5.41) is 11.5. The van der Waals surface area contributed by atoms with Crippen LogP contribution in [0.5, 0.6) is 0 Å². The second kappa shape index (κ2) is 7.30. The zero-order valence-electron chi connectivity index (χ0n) is 9.35. The Morgan fingerprint density at radius 1 is 1.44 bits per heavy atom. The highest BCUT2D eigenvalue weighted by atomic mass is 32.2. The van der Waals surface area contributed by atoms with Gasteiger partial charge in [0.05, 0.1) is 18.4 Å². The van der Waals surface area contributed by atoms with Crippen molar-refractivity contribution in [3.8, 4) is 0 Å². The maximum Gasteiger partial charge on any atom is 0.230 e. The molecule has 0 aliphatic carbocycles. The number of hydrogen-bond donors (Lipinski definition) is 2. The van der Waals surface area contributed by atoms with E-state index >= 15 is 0 Å². The Morgan fingerprint density at radius 2 is 2.12 bits per heavy atom. The zero-order chi connectivity index (χ0) is 11.8. The van der Waals surface area contributed by atoms with Gasteiger partial charge in [0.1, 0.15) is 0 Å². The van der Waals surface area contributed by atoms with Crippen molar-refractivity contribution in [1.29, 1.82) is 0 Å². The number of hydrogen-bond acceptors (Lipinski definition) is 3. The number of benzene rings is 1. The number of carbonyl (C=O) groups is 1. The molecule has 0 aliphatic heterocycles. The molecule has 0 aromatic heterocycles. The summed E-state index contributed by atoms with van der Waals surface area (Å²) in [7, 11) is 0. The van der Waals surface area contributed by atoms with E-state index in [0.717, 1.165) is 5.56 Å². The first kappa shape index (κ1) is 13.1. The van der Waals surface area contributed by atoms with Crippen LogP contribution in [-0.4, -0.2) is 29.1 Å². The summed E-state index contributed by atoms with van der Waals surface area (Å²) in [4.78, 5) is 11.5. The average molecular weight is 239 g/mol. The lowest BCUT2D eigenvalue weighted by Crippen LogP contribution is -2.28. The molecule has 0 saturated heterocycles. The van der Waals surface area contributed by atoms with Crippen LogP contribution in [0.3, 0.4) is 0 Å². The van der Waals surface area contributed by atoms with Crippen molar-refractivity contribution in [3.05, 3.63) is 35.9 Å². The summed E-state index contributed by atoms with van der Waals surface area (Å²) in [6, 6.07) is 9.88. The first-order chi connectivity index (χ1) is 7.74. The van der Waals surface area contributed by atoms with Crippen molar-refractivity contribution in [2.45, 2.75) is 13.0 Å². The fourth-order valence-electron chi connectivity index (χ4n) is 1.34. The molecule has 2 N–H and O–H groups in total. The van der Waals surface area contributed by atoms with Gasteiger partial charge in [0.2, 0.25) is 5.91 Å². The molecule has 4 heteroatoms. The molecule has 1 aromatic rings. The molecule has 0 spiro atoms. The largest absolute Gasteiger partial charge is 0.396 e. The van der Waals surface area contributed by atoms with E-state index in [2.05, 4.69) is 5.32 Å². The minimum atomic E-state index is 0.00908. The number of nitrogens with one attached hydrogen (secondary N) is 1. The van der Waals surface area contributed by atoms with Crippen LogP contribution in [-0.2, 0) is 4.79 Å². The van der Waals surface area contributed by atoms with Crippen molar-refractivity contribution >= 4 is 17.7 Å². The SMILES string of the molecule is C[C@H](NC(=O)CSCCO)c1ccccc1. The zero-order valence-corrected chi connectivity index (χ0v) is 10.2. The van der Waals surface area contributed by atoms with Gasteiger partial charge >= 0.3 is 0 Å². The van der Waals surface area contributed by atoms with Crippen LogP contribution in [0.1, 0.15) is 18.5 Å². The van der Waals surface area contributed by atoms with E-state index in [0.29, 0.717) is 11.5 Å². The third-order valence-electron chi connectivity index (χ3n) is 2.15. The van der Waals surface area contributed by atoms with Crippen molar-refractivity contribution < 1.29 is 9.90 Å². The first-order valence-corrected chi connectivity index (χ1v) is 6.42. The lowest BCUT2D eigenvalue weighted by atomic mass is 10.1. The van der Waals surface area contributed by atoms with E-state index in [1.165, 1.54) is 11.8 Å². The van der Waals surface area contributed by atoms with Gasteiger partial charge in [0.25, 0.3) is 0 Å². The standard InChI is InChI=1S/C12H17NO2S/c1-10(11-5-3-2-4-6-11)13-12(15)9-16-8-7-14/h2-6,10,14H,7-9H2,1H3,(H,13,15)/t10-/m0/s1. The molecule has 1 aromatic carbocycles. The van der Waals surface area contributed by atoms with E-state index in [1.807, 2.05) is 37.3 Å².